The summed E-state index contributed by atoms with van der Waals surface area (Å²) in [6, 6.07) is 3.52. The van der Waals surface area contributed by atoms with Crippen LogP contribution in [0.25, 0.3) is 0 Å². The Hall–Kier alpha value is -2.03. The Kier molecular flexibility index (Phi) is 4.30. The Labute approximate surface area is 153 Å². The minimum absolute atomic E-state index is 0.0519. The summed E-state index contributed by atoms with van der Waals surface area (Å²) in [5, 5.41) is 27.4. The lowest BCUT2D eigenvalue weighted by atomic mass is 9.70. The van der Waals surface area contributed by atoms with E-state index in [1.165, 1.54) is 12.1 Å². The first-order valence-corrected chi connectivity index (χ1v) is 9.17. The number of fused-ring (bicyclic) bond motifs is 2. The number of halogens is 1. The molecule has 2 aliphatic carbocycles. The molecule has 0 unspecified atom stereocenters. The Morgan fingerprint density at radius 3 is 2.60 bits per heavy atom. The molecule has 1 N–H and O–H groups in total. The third kappa shape index (κ3) is 2.61. The Morgan fingerprint density at radius 2 is 2.04 bits per heavy atom. The van der Waals surface area contributed by atoms with E-state index in [0.29, 0.717) is 5.92 Å². The third-order valence-corrected chi connectivity index (χ3v) is 7.37. The van der Waals surface area contributed by atoms with E-state index in [1.54, 1.807) is 0 Å². The Bertz CT molecular complexity index is 783. The van der Waals surface area contributed by atoms with Gasteiger partial charge in [0.1, 0.15) is 5.69 Å². The van der Waals surface area contributed by atoms with Crippen LogP contribution < -0.4 is 5.43 Å². The maximum atomic E-state index is 11.2. The van der Waals surface area contributed by atoms with Crippen LogP contribution in [0.1, 0.15) is 33.1 Å². The Balaban J connectivity index is 1.91. The second-order valence-corrected chi connectivity index (χ2v) is 7.77. The summed E-state index contributed by atoms with van der Waals surface area (Å²) in [5.41, 5.74) is 3.36. The molecule has 2 bridgehead atoms. The number of rotatable bonds is 5. The standard InChI is InChI=1S/C16H19BrN4O4/c1-15-6-5-10(16(15,2)9-17)7-14(15)19-18-12-4-3-11(20(22)23)8-13(12)21(24)25/h3-4,8,10,18H,5-7,9H2,1-2H3/t10-,15+,16+/m0/s1. The molecular formula is C16H19BrN4O4. The van der Waals surface area contributed by atoms with Gasteiger partial charge in [-0.3, -0.25) is 25.7 Å². The summed E-state index contributed by atoms with van der Waals surface area (Å²) in [4.78, 5) is 20.7. The number of nitro groups is 2. The minimum atomic E-state index is -0.652. The van der Waals surface area contributed by atoms with Crippen molar-refractivity contribution < 1.29 is 9.85 Å². The van der Waals surface area contributed by atoms with Crippen LogP contribution in [-0.2, 0) is 0 Å². The average Bonchev–Trinajstić information content (AvgIpc) is 2.95. The number of anilines is 1. The van der Waals surface area contributed by atoms with E-state index >= 15 is 0 Å². The molecule has 0 saturated heterocycles. The van der Waals surface area contributed by atoms with Crippen LogP contribution in [-0.4, -0.2) is 20.9 Å². The van der Waals surface area contributed by atoms with Crippen molar-refractivity contribution in [1.29, 1.82) is 0 Å². The highest BCUT2D eigenvalue weighted by Crippen LogP contribution is 2.64. The van der Waals surface area contributed by atoms with Gasteiger partial charge in [-0.05, 0) is 36.7 Å². The normalized spacial score (nSPS) is 32.1. The van der Waals surface area contributed by atoms with Gasteiger partial charge in [-0.1, -0.05) is 29.8 Å². The lowest BCUT2D eigenvalue weighted by Gasteiger charge is -2.36. The van der Waals surface area contributed by atoms with Gasteiger partial charge in [-0.2, -0.15) is 5.10 Å². The number of nitrogens with one attached hydrogen (secondary N) is 1. The zero-order valence-corrected chi connectivity index (χ0v) is 15.6. The number of non-ortho nitro benzene ring substituents is 1. The van der Waals surface area contributed by atoms with E-state index in [0.717, 1.165) is 36.4 Å². The van der Waals surface area contributed by atoms with Gasteiger partial charge in [0.2, 0.25) is 0 Å². The van der Waals surface area contributed by atoms with E-state index in [-0.39, 0.29) is 27.9 Å². The van der Waals surface area contributed by atoms with Gasteiger partial charge in [-0.25, -0.2) is 0 Å². The second-order valence-electron chi connectivity index (χ2n) is 7.21. The van der Waals surface area contributed by atoms with Crippen LogP contribution in [0.15, 0.2) is 23.3 Å². The predicted molar refractivity (Wildman–Crippen MR) is 98.2 cm³/mol. The van der Waals surface area contributed by atoms with Crippen LogP contribution in [0.3, 0.4) is 0 Å². The zero-order chi connectivity index (χ0) is 18.4. The number of hydrogen-bond acceptors (Lipinski definition) is 6. The number of hydrogen-bond donors (Lipinski definition) is 1. The molecule has 0 aromatic heterocycles. The summed E-state index contributed by atoms with van der Waals surface area (Å²) in [7, 11) is 0. The molecule has 0 amide bonds. The maximum absolute atomic E-state index is 11.2. The van der Waals surface area contributed by atoms with E-state index in [1.807, 2.05) is 0 Å². The molecule has 3 rings (SSSR count). The van der Waals surface area contributed by atoms with Gasteiger partial charge >= 0.3 is 5.69 Å². The summed E-state index contributed by atoms with van der Waals surface area (Å²) in [6.07, 6.45) is 3.07. The SMILES string of the molecule is C[C@@]12CC[C@@H](CC1=NNc1ccc([N+](=O)[O-])cc1[N+](=O)[O-])[C@@]2(C)CBr. The van der Waals surface area contributed by atoms with Crippen molar-refractivity contribution in [3.8, 4) is 0 Å². The fourth-order valence-electron chi connectivity index (χ4n) is 4.21. The second kappa shape index (κ2) is 6.05. The molecule has 1 aromatic rings. The third-order valence-electron chi connectivity index (χ3n) is 6.21. The van der Waals surface area contributed by atoms with Crippen molar-refractivity contribution in [2.24, 2.45) is 21.8 Å². The molecule has 0 heterocycles. The first-order valence-electron chi connectivity index (χ1n) is 8.05. The van der Waals surface area contributed by atoms with Crippen LogP contribution in [0.5, 0.6) is 0 Å². The van der Waals surface area contributed by atoms with E-state index in [2.05, 4.69) is 40.3 Å². The fourth-order valence-corrected chi connectivity index (χ4v) is 5.29. The van der Waals surface area contributed by atoms with Crippen LogP contribution in [0, 0.1) is 37.0 Å². The molecular weight excluding hydrogens is 392 g/mol. The Morgan fingerprint density at radius 1 is 1.32 bits per heavy atom. The fraction of sp³-hybridized carbons (Fsp3) is 0.562. The highest BCUT2D eigenvalue weighted by atomic mass is 79.9. The van der Waals surface area contributed by atoms with E-state index < -0.39 is 9.85 Å². The molecule has 8 nitrogen and oxygen atoms in total. The summed E-state index contributed by atoms with van der Waals surface area (Å²) >= 11 is 3.64. The molecule has 3 atom stereocenters. The quantitative estimate of drug-likeness (QED) is 0.436. The smallest absolute Gasteiger partial charge is 0.272 e. The molecule has 25 heavy (non-hydrogen) atoms. The van der Waals surface area contributed by atoms with Crippen molar-refractivity contribution in [3.05, 3.63) is 38.4 Å². The van der Waals surface area contributed by atoms with Gasteiger partial charge in [0, 0.05) is 22.5 Å². The van der Waals surface area contributed by atoms with Gasteiger partial charge in [0.05, 0.1) is 15.9 Å². The van der Waals surface area contributed by atoms with Gasteiger partial charge in [-0.15, -0.1) is 0 Å². The number of nitrogens with zero attached hydrogens (tertiary/aromatic N) is 3. The van der Waals surface area contributed by atoms with Crippen LogP contribution in [0.4, 0.5) is 17.1 Å². The molecule has 2 fully saturated rings. The number of nitro benzene ring substituents is 2. The van der Waals surface area contributed by atoms with Crippen LogP contribution in [0.2, 0.25) is 0 Å². The highest BCUT2D eigenvalue weighted by Gasteiger charge is 2.61. The van der Waals surface area contributed by atoms with E-state index in [9.17, 15) is 20.2 Å². The van der Waals surface area contributed by atoms with Crippen molar-refractivity contribution in [2.75, 3.05) is 10.8 Å². The van der Waals surface area contributed by atoms with E-state index in [4.69, 9.17) is 0 Å². The lowest BCUT2D eigenvalue weighted by molar-refractivity contribution is -0.393. The van der Waals surface area contributed by atoms with Crippen molar-refractivity contribution in [3.63, 3.8) is 0 Å². The summed E-state index contributed by atoms with van der Waals surface area (Å²) in [6.45, 7) is 4.46. The van der Waals surface area contributed by atoms with Gasteiger partial charge in [0.15, 0.2) is 0 Å². The van der Waals surface area contributed by atoms with Crippen LogP contribution >= 0.6 is 15.9 Å². The lowest BCUT2D eigenvalue weighted by Crippen LogP contribution is -2.36. The topological polar surface area (TPSA) is 111 Å². The molecule has 0 spiro atoms. The largest absolute Gasteiger partial charge is 0.301 e. The molecule has 1 aromatic carbocycles. The van der Waals surface area contributed by atoms with Crippen molar-refractivity contribution in [2.45, 2.75) is 33.1 Å². The number of benzene rings is 1. The molecule has 2 aliphatic rings. The predicted octanol–water partition coefficient (Wildman–Crippen LogP) is 4.49. The zero-order valence-electron chi connectivity index (χ0n) is 14.0. The highest BCUT2D eigenvalue weighted by molar-refractivity contribution is 9.09. The summed E-state index contributed by atoms with van der Waals surface area (Å²) < 4.78 is 0. The average molecular weight is 411 g/mol. The molecule has 0 radical (unpaired) electrons. The molecule has 134 valence electrons. The first kappa shape index (κ1) is 17.8. The molecule has 2 saturated carbocycles. The van der Waals surface area contributed by atoms with Gasteiger partial charge in [0.25, 0.3) is 5.69 Å². The van der Waals surface area contributed by atoms with Gasteiger partial charge < -0.3 is 0 Å². The number of hydrazone groups is 1. The minimum Gasteiger partial charge on any atom is -0.272 e. The van der Waals surface area contributed by atoms with Crippen molar-refractivity contribution in [1.82, 2.24) is 0 Å². The number of alkyl halides is 1. The summed E-state index contributed by atoms with van der Waals surface area (Å²) in [5.74, 6) is 0.546. The van der Waals surface area contributed by atoms with Crippen molar-refractivity contribution >= 4 is 38.7 Å². The first-order chi connectivity index (χ1) is 11.7. The monoisotopic (exact) mass is 410 g/mol. The molecule has 0 aliphatic heterocycles. The molecule has 9 heteroatoms. The maximum Gasteiger partial charge on any atom is 0.301 e.